The molecule has 0 aromatic heterocycles. The van der Waals surface area contributed by atoms with Gasteiger partial charge in [0.05, 0.1) is 0 Å². The normalized spacial score (nSPS) is 21.8. The SMILES string of the molecule is CC(C)C(C(=O)O)N1CCNCC1. The zero-order valence-corrected chi connectivity index (χ0v) is 8.29. The molecule has 0 radical (unpaired) electrons. The van der Waals surface area contributed by atoms with Crippen LogP contribution in [0.4, 0.5) is 0 Å². The molecular formula is C9H18N2O2. The summed E-state index contributed by atoms with van der Waals surface area (Å²) < 4.78 is 0. The van der Waals surface area contributed by atoms with E-state index in [4.69, 9.17) is 5.11 Å². The van der Waals surface area contributed by atoms with E-state index in [-0.39, 0.29) is 12.0 Å². The third-order valence-electron chi connectivity index (χ3n) is 2.43. The average molecular weight is 186 g/mol. The van der Waals surface area contributed by atoms with Crippen LogP contribution in [0.15, 0.2) is 0 Å². The van der Waals surface area contributed by atoms with Gasteiger partial charge in [-0.1, -0.05) is 13.8 Å². The minimum absolute atomic E-state index is 0.176. The van der Waals surface area contributed by atoms with Gasteiger partial charge in [0.25, 0.3) is 0 Å². The monoisotopic (exact) mass is 186 g/mol. The van der Waals surface area contributed by atoms with Crippen LogP contribution >= 0.6 is 0 Å². The summed E-state index contributed by atoms with van der Waals surface area (Å²) in [5.74, 6) is -0.521. The van der Waals surface area contributed by atoms with Crippen LogP contribution in [-0.2, 0) is 4.79 Å². The van der Waals surface area contributed by atoms with Crippen molar-refractivity contribution in [1.29, 1.82) is 0 Å². The van der Waals surface area contributed by atoms with Gasteiger partial charge < -0.3 is 10.4 Å². The van der Waals surface area contributed by atoms with Gasteiger partial charge in [-0.3, -0.25) is 9.69 Å². The van der Waals surface area contributed by atoms with Gasteiger partial charge in [-0.2, -0.15) is 0 Å². The standard InChI is InChI=1S/C9H18N2O2/c1-7(2)8(9(12)13)11-5-3-10-4-6-11/h7-8,10H,3-6H2,1-2H3,(H,12,13). The second kappa shape index (κ2) is 4.58. The molecule has 76 valence electrons. The topological polar surface area (TPSA) is 52.6 Å². The number of nitrogens with one attached hydrogen (secondary N) is 1. The Bertz CT molecular complexity index is 176. The van der Waals surface area contributed by atoms with Crippen LogP contribution in [0, 0.1) is 5.92 Å². The Labute approximate surface area is 78.9 Å². The lowest BCUT2D eigenvalue weighted by Gasteiger charge is -2.34. The zero-order valence-electron chi connectivity index (χ0n) is 8.29. The molecule has 1 aliphatic rings. The summed E-state index contributed by atoms with van der Waals surface area (Å²) in [6.45, 7) is 7.40. The van der Waals surface area contributed by atoms with Crippen LogP contribution in [0.5, 0.6) is 0 Å². The lowest BCUT2D eigenvalue weighted by atomic mass is 10.0. The third-order valence-corrected chi connectivity index (χ3v) is 2.43. The Balaban J connectivity index is 2.57. The molecule has 4 nitrogen and oxygen atoms in total. The van der Waals surface area contributed by atoms with Gasteiger partial charge in [0.1, 0.15) is 6.04 Å². The Morgan fingerprint density at radius 3 is 2.31 bits per heavy atom. The average Bonchev–Trinajstić information content (AvgIpc) is 2.04. The highest BCUT2D eigenvalue weighted by molar-refractivity contribution is 5.73. The third kappa shape index (κ3) is 2.67. The van der Waals surface area contributed by atoms with E-state index in [0.29, 0.717) is 0 Å². The van der Waals surface area contributed by atoms with Crippen LogP contribution in [-0.4, -0.2) is 48.2 Å². The molecule has 0 aromatic rings. The zero-order chi connectivity index (χ0) is 9.84. The van der Waals surface area contributed by atoms with Gasteiger partial charge >= 0.3 is 5.97 Å². The molecule has 0 saturated carbocycles. The summed E-state index contributed by atoms with van der Waals surface area (Å²) in [6, 6.07) is -0.318. The molecule has 1 heterocycles. The second-order valence-corrected chi connectivity index (χ2v) is 3.81. The highest BCUT2D eigenvalue weighted by Gasteiger charge is 2.29. The summed E-state index contributed by atoms with van der Waals surface area (Å²) in [7, 11) is 0. The van der Waals surface area contributed by atoms with Crippen molar-refractivity contribution in [2.75, 3.05) is 26.2 Å². The number of carboxylic acid groups (broad SMARTS) is 1. The van der Waals surface area contributed by atoms with E-state index in [9.17, 15) is 4.79 Å². The van der Waals surface area contributed by atoms with E-state index in [1.54, 1.807) is 0 Å². The van der Waals surface area contributed by atoms with Gasteiger partial charge in [0.2, 0.25) is 0 Å². The first-order valence-electron chi connectivity index (χ1n) is 4.80. The lowest BCUT2D eigenvalue weighted by molar-refractivity contribution is -0.145. The van der Waals surface area contributed by atoms with Crippen molar-refractivity contribution < 1.29 is 9.90 Å². The lowest BCUT2D eigenvalue weighted by Crippen LogP contribution is -2.53. The quantitative estimate of drug-likeness (QED) is 0.651. The van der Waals surface area contributed by atoms with Crippen molar-refractivity contribution in [3.05, 3.63) is 0 Å². The Morgan fingerprint density at radius 1 is 1.38 bits per heavy atom. The largest absolute Gasteiger partial charge is 0.480 e. The van der Waals surface area contributed by atoms with E-state index in [1.165, 1.54) is 0 Å². The van der Waals surface area contributed by atoms with Crippen LogP contribution in [0.1, 0.15) is 13.8 Å². The number of carboxylic acids is 1. The molecule has 1 aliphatic heterocycles. The molecule has 13 heavy (non-hydrogen) atoms. The van der Waals surface area contributed by atoms with Crippen molar-refractivity contribution in [1.82, 2.24) is 10.2 Å². The van der Waals surface area contributed by atoms with E-state index in [0.717, 1.165) is 26.2 Å². The van der Waals surface area contributed by atoms with E-state index in [1.807, 2.05) is 18.7 Å². The van der Waals surface area contributed by atoms with Gasteiger partial charge in [0, 0.05) is 26.2 Å². The molecular weight excluding hydrogens is 168 g/mol. The van der Waals surface area contributed by atoms with E-state index < -0.39 is 5.97 Å². The molecule has 1 saturated heterocycles. The van der Waals surface area contributed by atoms with Crippen molar-refractivity contribution in [3.8, 4) is 0 Å². The number of rotatable bonds is 3. The fourth-order valence-corrected chi connectivity index (χ4v) is 1.82. The summed E-state index contributed by atoms with van der Waals surface area (Å²) in [5, 5.41) is 12.2. The summed E-state index contributed by atoms with van der Waals surface area (Å²) >= 11 is 0. The number of nitrogens with zero attached hydrogens (tertiary/aromatic N) is 1. The van der Waals surface area contributed by atoms with Crippen molar-refractivity contribution >= 4 is 5.97 Å². The Hall–Kier alpha value is -0.610. The van der Waals surface area contributed by atoms with Gasteiger partial charge in [-0.15, -0.1) is 0 Å². The summed E-state index contributed by atoms with van der Waals surface area (Å²) in [5.41, 5.74) is 0. The predicted molar refractivity (Wildman–Crippen MR) is 50.7 cm³/mol. The van der Waals surface area contributed by atoms with E-state index >= 15 is 0 Å². The molecule has 4 heteroatoms. The molecule has 1 fully saturated rings. The van der Waals surface area contributed by atoms with Crippen molar-refractivity contribution in [3.63, 3.8) is 0 Å². The first-order chi connectivity index (χ1) is 6.13. The molecule has 0 amide bonds. The van der Waals surface area contributed by atoms with Crippen LogP contribution in [0.25, 0.3) is 0 Å². The van der Waals surface area contributed by atoms with Crippen molar-refractivity contribution in [2.24, 2.45) is 5.92 Å². The first-order valence-corrected chi connectivity index (χ1v) is 4.80. The fourth-order valence-electron chi connectivity index (χ4n) is 1.82. The molecule has 1 atom stereocenters. The fraction of sp³-hybridized carbons (Fsp3) is 0.889. The highest BCUT2D eigenvalue weighted by Crippen LogP contribution is 2.11. The smallest absolute Gasteiger partial charge is 0.321 e. The minimum atomic E-state index is -0.697. The number of carbonyl (C=O) groups is 1. The van der Waals surface area contributed by atoms with Gasteiger partial charge in [0.15, 0.2) is 0 Å². The molecule has 2 N–H and O–H groups in total. The second-order valence-electron chi connectivity index (χ2n) is 3.81. The molecule has 0 aliphatic carbocycles. The maximum absolute atomic E-state index is 11.0. The van der Waals surface area contributed by atoms with Gasteiger partial charge in [-0.25, -0.2) is 0 Å². The Morgan fingerprint density at radius 2 is 1.92 bits per heavy atom. The highest BCUT2D eigenvalue weighted by atomic mass is 16.4. The Kier molecular flexibility index (Phi) is 3.69. The number of hydrogen-bond acceptors (Lipinski definition) is 3. The number of aliphatic carboxylic acids is 1. The summed E-state index contributed by atoms with van der Waals surface area (Å²) in [4.78, 5) is 13.0. The first kappa shape index (κ1) is 10.5. The van der Waals surface area contributed by atoms with E-state index in [2.05, 4.69) is 5.32 Å². The number of hydrogen-bond donors (Lipinski definition) is 2. The van der Waals surface area contributed by atoms with Gasteiger partial charge in [-0.05, 0) is 5.92 Å². The summed E-state index contributed by atoms with van der Waals surface area (Å²) in [6.07, 6.45) is 0. The van der Waals surface area contributed by atoms with Crippen LogP contribution in [0.2, 0.25) is 0 Å². The van der Waals surface area contributed by atoms with Crippen LogP contribution < -0.4 is 5.32 Å². The van der Waals surface area contributed by atoms with Crippen LogP contribution in [0.3, 0.4) is 0 Å². The molecule has 0 aromatic carbocycles. The molecule has 0 bridgehead atoms. The number of piperazine rings is 1. The minimum Gasteiger partial charge on any atom is -0.480 e. The van der Waals surface area contributed by atoms with Crippen molar-refractivity contribution in [2.45, 2.75) is 19.9 Å². The maximum atomic E-state index is 11.0. The molecule has 1 unspecified atom stereocenters. The molecule has 0 spiro atoms. The molecule has 1 rings (SSSR count). The predicted octanol–water partition coefficient (Wildman–Crippen LogP) is 0.000800. The maximum Gasteiger partial charge on any atom is 0.321 e.